The van der Waals surface area contributed by atoms with Crippen molar-refractivity contribution in [3.05, 3.63) is 28.2 Å². The number of carboxylic acid groups (broad SMARTS) is 1. The molecule has 0 heterocycles. The molecule has 10 heteroatoms. The van der Waals surface area contributed by atoms with Crippen molar-refractivity contribution < 1.29 is 23.1 Å². The van der Waals surface area contributed by atoms with E-state index in [1.54, 1.807) is 18.2 Å². The number of hydrogen-bond donors (Lipinski definition) is 1. The van der Waals surface area contributed by atoms with Gasteiger partial charge in [0.1, 0.15) is 12.4 Å². The minimum absolute atomic E-state index is 0. The Labute approximate surface area is 187 Å². The first-order valence-corrected chi connectivity index (χ1v) is 10.5. The number of nitrogens with zero attached hydrogens (tertiary/aromatic N) is 1. The molecule has 6 nitrogen and oxygen atoms in total. The van der Waals surface area contributed by atoms with Crippen molar-refractivity contribution in [3.8, 4) is 5.75 Å². The topological polar surface area (TPSA) is 83.9 Å². The Morgan fingerprint density at radius 3 is 2.19 bits per heavy atom. The first-order chi connectivity index (χ1) is 11.7. The van der Waals surface area contributed by atoms with Crippen LogP contribution in [0.1, 0.15) is 32.1 Å². The van der Waals surface area contributed by atoms with Gasteiger partial charge in [0.05, 0.1) is 6.26 Å². The van der Waals surface area contributed by atoms with Crippen LogP contribution in [0, 0.1) is 0 Å². The predicted octanol–water partition coefficient (Wildman–Crippen LogP) is 3.02. The van der Waals surface area contributed by atoms with Gasteiger partial charge in [-0.05, 0) is 31.0 Å². The van der Waals surface area contributed by atoms with Crippen LogP contribution in [-0.2, 0) is 14.8 Å². The van der Waals surface area contributed by atoms with Gasteiger partial charge in [0.2, 0.25) is 10.0 Å². The number of sulfonamides is 1. The van der Waals surface area contributed by atoms with E-state index in [0.717, 1.165) is 19.1 Å². The molecule has 1 aromatic carbocycles. The van der Waals surface area contributed by atoms with Crippen LogP contribution in [0.25, 0.3) is 0 Å². The maximum atomic E-state index is 11.8. The zero-order valence-electron chi connectivity index (χ0n) is 14.1. The number of carbonyl (C=O) groups is 1. The van der Waals surface area contributed by atoms with Gasteiger partial charge in [0.25, 0.3) is 0 Å². The summed E-state index contributed by atoms with van der Waals surface area (Å²) in [4.78, 5) is 10.4. The Hall–Kier alpha value is -0.0200. The van der Waals surface area contributed by atoms with Gasteiger partial charge < -0.3 is 9.84 Å². The summed E-state index contributed by atoms with van der Waals surface area (Å²) in [5.41, 5.74) is 0. The monoisotopic (exact) mass is 435 g/mol. The van der Waals surface area contributed by atoms with Gasteiger partial charge in [0.15, 0.2) is 0 Å². The van der Waals surface area contributed by atoms with E-state index in [1.807, 2.05) is 0 Å². The molecule has 0 radical (unpaired) electrons. The van der Waals surface area contributed by atoms with Crippen LogP contribution in [0.4, 0.5) is 0 Å². The summed E-state index contributed by atoms with van der Waals surface area (Å²) < 4.78 is 30.6. The van der Waals surface area contributed by atoms with Crippen LogP contribution in [0.3, 0.4) is 0 Å². The molecule has 1 aromatic rings. The Bertz CT molecular complexity index is 652. The van der Waals surface area contributed by atoms with E-state index >= 15 is 0 Å². The molecule has 0 saturated carbocycles. The zero-order chi connectivity index (χ0) is 18.9. The molecule has 0 aromatic heterocycles. The molecule has 0 aliphatic rings. The second-order valence-electron chi connectivity index (χ2n) is 5.67. The number of aliphatic carboxylic acids is 1. The van der Waals surface area contributed by atoms with E-state index in [2.05, 4.69) is 0 Å². The van der Waals surface area contributed by atoms with Crippen LogP contribution in [0.5, 0.6) is 5.75 Å². The first kappa shape index (κ1) is 26.0. The fourth-order valence-electron chi connectivity index (χ4n) is 2.24. The van der Waals surface area contributed by atoms with Gasteiger partial charge in [-0.15, -0.1) is 0 Å². The predicted molar refractivity (Wildman–Crippen MR) is 106 cm³/mol. The molecule has 1 N–H and O–H groups in total. The number of unbranched alkanes of at least 4 members (excludes halogenated alkanes) is 3. The molecule has 0 amide bonds. The van der Waals surface area contributed by atoms with Crippen LogP contribution < -0.4 is 4.74 Å². The van der Waals surface area contributed by atoms with Crippen molar-refractivity contribution in [1.29, 1.82) is 0 Å². The van der Waals surface area contributed by atoms with Gasteiger partial charge in [-0.3, -0.25) is 4.79 Å². The van der Waals surface area contributed by atoms with Crippen molar-refractivity contribution >= 4 is 68.8 Å². The van der Waals surface area contributed by atoms with Gasteiger partial charge in [-0.2, -0.15) is 4.31 Å². The van der Waals surface area contributed by atoms with Crippen molar-refractivity contribution in [2.45, 2.75) is 32.1 Å². The van der Waals surface area contributed by atoms with Gasteiger partial charge in [-0.1, -0.05) is 36.0 Å². The summed E-state index contributed by atoms with van der Waals surface area (Å²) in [7, 11) is -3.33. The summed E-state index contributed by atoms with van der Waals surface area (Å²) >= 11 is 11.8. The summed E-state index contributed by atoms with van der Waals surface area (Å²) in [5, 5.41) is 9.47. The number of ether oxygens (including phenoxy) is 1. The number of benzene rings is 1. The molecule has 0 aliphatic carbocycles. The van der Waals surface area contributed by atoms with Crippen molar-refractivity contribution in [1.82, 2.24) is 4.31 Å². The molecular weight excluding hydrogens is 412 g/mol. The van der Waals surface area contributed by atoms with Crippen LogP contribution >= 0.6 is 23.2 Å². The van der Waals surface area contributed by atoms with Crippen molar-refractivity contribution in [3.63, 3.8) is 0 Å². The molecule has 0 spiro atoms. The third-order valence-electron chi connectivity index (χ3n) is 3.46. The fourth-order valence-corrected chi connectivity index (χ4v) is 3.61. The molecular formula is C16H24Cl2NNaO5S. The second kappa shape index (κ2) is 13.2. The quantitative estimate of drug-likeness (QED) is 0.402. The third-order valence-corrected chi connectivity index (χ3v) is 5.20. The average molecular weight is 436 g/mol. The second-order valence-corrected chi connectivity index (χ2v) is 8.53. The van der Waals surface area contributed by atoms with Crippen molar-refractivity contribution in [2.75, 3.05) is 26.0 Å². The number of carboxylic acids is 1. The SMILES string of the molecule is CS(=O)(=O)N(CCCCCCC(=O)O)CCOc1cc(Cl)cc(Cl)c1.[NaH]. The fraction of sp³-hybridized carbons (Fsp3) is 0.562. The first-order valence-electron chi connectivity index (χ1n) is 7.94. The van der Waals surface area contributed by atoms with E-state index in [-0.39, 0.29) is 49.1 Å². The van der Waals surface area contributed by atoms with Crippen LogP contribution in [0.2, 0.25) is 10.0 Å². The zero-order valence-corrected chi connectivity index (χ0v) is 16.4. The van der Waals surface area contributed by atoms with Gasteiger partial charge in [-0.25, -0.2) is 8.42 Å². The van der Waals surface area contributed by atoms with Gasteiger partial charge in [0, 0.05) is 29.6 Å². The molecule has 1 rings (SSSR count). The molecule has 0 unspecified atom stereocenters. The summed E-state index contributed by atoms with van der Waals surface area (Å²) in [5.74, 6) is -0.323. The Morgan fingerprint density at radius 1 is 1.08 bits per heavy atom. The normalized spacial score (nSPS) is 11.2. The Kier molecular flexibility index (Phi) is 13.2. The number of halogens is 2. The Balaban J connectivity index is 0.00000625. The summed E-state index contributed by atoms with van der Waals surface area (Å²) in [6, 6.07) is 4.81. The standard InChI is InChI=1S/C16H23Cl2NO5S.Na.H/c1-25(22,23)19(7-5-3-2-4-6-16(20)21)8-9-24-15-11-13(17)10-14(18)12-15;;/h10-12H,2-9H2,1H3,(H,20,21);;. The average Bonchev–Trinajstić information content (AvgIpc) is 2.46. The van der Waals surface area contributed by atoms with E-state index in [9.17, 15) is 13.2 Å². The van der Waals surface area contributed by atoms with Gasteiger partial charge >= 0.3 is 35.5 Å². The minimum atomic E-state index is -3.33. The molecule has 0 aliphatic heterocycles. The Morgan fingerprint density at radius 2 is 1.65 bits per heavy atom. The molecule has 0 atom stereocenters. The van der Waals surface area contributed by atoms with Crippen LogP contribution in [0.15, 0.2) is 18.2 Å². The molecule has 26 heavy (non-hydrogen) atoms. The molecule has 144 valence electrons. The van der Waals surface area contributed by atoms with E-state index in [1.165, 1.54) is 4.31 Å². The molecule has 0 bridgehead atoms. The van der Waals surface area contributed by atoms with Crippen LogP contribution in [-0.4, -0.2) is 79.3 Å². The third kappa shape index (κ3) is 11.6. The molecule has 0 fully saturated rings. The maximum absolute atomic E-state index is 11.8. The summed E-state index contributed by atoms with van der Waals surface area (Å²) in [6.45, 7) is 0.784. The number of rotatable bonds is 12. The van der Waals surface area contributed by atoms with E-state index in [4.69, 9.17) is 33.0 Å². The number of hydrogen-bond acceptors (Lipinski definition) is 4. The summed E-state index contributed by atoms with van der Waals surface area (Å²) in [6.07, 6.45) is 4.13. The van der Waals surface area contributed by atoms with E-state index < -0.39 is 16.0 Å². The van der Waals surface area contributed by atoms with E-state index in [0.29, 0.717) is 35.2 Å². The van der Waals surface area contributed by atoms with Crippen molar-refractivity contribution in [2.24, 2.45) is 0 Å². The molecule has 0 saturated heterocycles.